The van der Waals surface area contributed by atoms with Gasteiger partial charge in [-0.15, -0.1) is 0 Å². The second-order valence-corrected chi connectivity index (χ2v) is 6.58. The van der Waals surface area contributed by atoms with E-state index in [-0.39, 0.29) is 42.0 Å². The molecule has 1 aliphatic heterocycles. The fraction of sp³-hybridized carbons (Fsp3) is 0.136. The highest BCUT2D eigenvalue weighted by Crippen LogP contribution is 2.40. The van der Waals surface area contributed by atoms with Crippen LogP contribution in [0.4, 0.5) is 0 Å². The van der Waals surface area contributed by atoms with Gasteiger partial charge in [0.05, 0.1) is 12.0 Å². The van der Waals surface area contributed by atoms with E-state index in [1.54, 1.807) is 18.2 Å². The van der Waals surface area contributed by atoms with Crippen LogP contribution in [0, 0.1) is 0 Å². The van der Waals surface area contributed by atoms with Crippen LogP contribution in [0.1, 0.15) is 39.6 Å². The van der Waals surface area contributed by atoms with Crippen LogP contribution in [-0.4, -0.2) is 21.1 Å². The number of fused-ring (bicyclic) bond motifs is 1. The lowest BCUT2D eigenvalue weighted by Crippen LogP contribution is -2.20. The van der Waals surface area contributed by atoms with Crippen LogP contribution < -0.4 is 4.74 Å². The number of phenolic OH excluding ortho intramolecular Hbond substituents is 3. The maximum absolute atomic E-state index is 12.7. The van der Waals surface area contributed by atoms with Crippen molar-refractivity contribution in [3.8, 4) is 23.0 Å². The molecule has 0 spiro atoms. The average Bonchev–Trinajstić information content (AvgIpc) is 2.67. The van der Waals surface area contributed by atoms with Crippen molar-refractivity contribution in [2.24, 2.45) is 0 Å². The summed E-state index contributed by atoms with van der Waals surface area (Å²) >= 11 is 0. The molecule has 5 heteroatoms. The summed E-state index contributed by atoms with van der Waals surface area (Å²) in [4.78, 5) is 12.7. The molecule has 1 atom stereocenters. The zero-order chi connectivity index (χ0) is 19.0. The van der Waals surface area contributed by atoms with Crippen LogP contribution in [0.25, 0.3) is 0 Å². The lowest BCUT2D eigenvalue weighted by molar-refractivity contribution is 0.0849. The van der Waals surface area contributed by atoms with Crippen molar-refractivity contribution in [2.75, 3.05) is 0 Å². The summed E-state index contributed by atoms with van der Waals surface area (Å²) in [7, 11) is 0. The number of carbonyl (C=O) groups excluding carboxylic acids is 1. The topological polar surface area (TPSA) is 87.0 Å². The fourth-order valence-electron chi connectivity index (χ4n) is 3.32. The van der Waals surface area contributed by atoms with Crippen LogP contribution in [0.2, 0.25) is 0 Å². The highest BCUT2D eigenvalue weighted by atomic mass is 16.5. The largest absolute Gasteiger partial charge is 0.508 e. The van der Waals surface area contributed by atoms with E-state index < -0.39 is 0 Å². The number of ketones is 1. The predicted molar refractivity (Wildman–Crippen MR) is 99.4 cm³/mol. The first-order valence-electron chi connectivity index (χ1n) is 8.63. The van der Waals surface area contributed by atoms with Crippen molar-refractivity contribution in [1.82, 2.24) is 0 Å². The fourth-order valence-corrected chi connectivity index (χ4v) is 3.32. The second-order valence-electron chi connectivity index (χ2n) is 6.58. The number of phenols is 3. The highest BCUT2D eigenvalue weighted by molar-refractivity contribution is 6.00. The quantitative estimate of drug-likeness (QED) is 0.611. The molecule has 1 unspecified atom stereocenters. The molecule has 5 nitrogen and oxygen atoms in total. The highest BCUT2D eigenvalue weighted by Gasteiger charge is 2.29. The predicted octanol–water partition coefficient (Wildman–Crippen LogP) is 4.10. The van der Waals surface area contributed by atoms with Gasteiger partial charge >= 0.3 is 0 Å². The van der Waals surface area contributed by atoms with E-state index in [0.717, 1.165) is 5.56 Å². The van der Waals surface area contributed by atoms with Crippen LogP contribution in [0.15, 0.2) is 60.7 Å². The van der Waals surface area contributed by atoms with Gasteiger partial charge in [-0.25, -0.2) is 0 Å². The van der Waals surface area contributed by atoms with Crippen LogP contribution in [0.5, 0.6) is 23.0 Å². The third kappa shape index (κ3) is 3.19. The molecule has 3 aromatic carbocycles. The van der Waals surface area contributed by atoms with Gasteiger partial charge in [0.25, 0.3) is 0 Å². The number of carbonyl (C=O) groups is 1. The van der Waals surface area contributed by atoms with Crippen molar-refractivity contribution in [1.29, 1.82) is 0 Å². The summed E-state index contributed by atoms with van der Waals surface area (Å²) in [6.07, 6.45) is 0.0134. The molecular formula is C22H18O5. The average molecular weight is 362 g/mol. The Hall–Kier alpha value is -3.47. The second kappa shape index (κ2) is 6.68. The first kappa shape index (κ1) is 17.0. The number of benzene rings is 3. The van der Waals surface area contributed by atoms with Gasteiger partial charge in [0.2, 0.25) is 0 Å². The van der Waals surface area contributed by atoms with Gasteiger partial charge in [0.1, 0.15) is 17.6 Å². The van der Waals surface area contributed by atoms with E-state index in [9.17, 15) is 20.1 Å². The standard InChI is InChI=1S/C22H18O5/c23-17-8-4-7-14(22(17)26)9-15-10-16-19(25)12-20(13-5-2-1-3-6-13)27-21(16)11-18(15)24/h1-8,10-11,20,23-24,26H,9,12H2. The zero-order valence-electron chi connectivity index (χ0n) is 14.4. The number of Topliss-reactive ketones (excluding diaryl/α,β-unsaturated/α-hetero) is 1. The van der Waals surface area contributed by atoms with Gasteiger partial charge in [0, 0.05) is 18.1 Å². The number of hydrogen-bond donors (Lipinski definition) is 3. The van der Waals surface area contributed by atoms with Gasteiger partial charge < -0.3 is 20.1 Å². The van der Waals surface area contributed by atoms with Crippen LogP contribution >= 0.6 is 0 Å². The van der Waals surface area contributed by atoms with Crippen molar-refractivity contribution in [3.05, 3.63) is 82.9 Å². The van der Waals surface area contributed by atoms with Crippen LogP contribution in [-0.2, 0) is 6.42 Å². The molecule has 136 valence electrons. The molecule has 1 heterocycles. The SMILES string of the molecule is O=C1CC(c2ccccc2)Oc2cc(O)c(Cc3cccc(O)c3O)cc21. The monoisotopic (exact) mass is 362 g/mol. The van der Waals surface area contributed by atoms with Gasteiger partial charge in [-0.2, -0.15) is 0 Å². The van der Waals surface area contributed by atoms with Gasteiger partial charge in [-0.05, 0) is 23.3 Å². The molecule has 4 rings (SSSR count). The molecule has 0 fully saturated rings. The number of rotatable bonds is 3. The Morgan fingerprint density at radius 2 is 1.67 bits per heavy atom. The molecular weight excluding hydrogens is 344 g/mol. The molecule has 27 heavy (non-hydrogen) atoms. The first-order valence-corrected chi connectivity index (χ1v) is 8.63. The third-order valence-corrected chi connectivity index (χ3v) is 4.77. The van der Waals surface area contributed by atoms with E-state index >= 15 is 0 Å². The van der Waals surface area contributed by atoms with Crippen LogP contribution in [0.3, 0.4) is 0 Å². The van der Waals surface area contributed by atoms with E-state index in [0.29, 0.717) is 22.4 Å². The smallest absolute Gasteiger partial charge is 0.170 e. The summed E-state index contributed by atoms with van der Waals surface area (Å²) in [6, 6.07) is 17.2. The van der Waals surface area contributed by atoms with E-state index in [1.165, 1.54) is 12.1 Å². The number of aromatic hydroxyl groups is 3. The number of hydrogen-bond acceptors (Lipinski definition) is 5. The molecule has 0 saturated carbocycles. The van der Waals surface area contributed by atoms with Gasteiger partial charge in [-0.3, -0.25) is 4.79 Å². The lowest BCUT2D eigenvalue weighted by atomic mass is 9.93. The molecule has 0 saturated heterocycles. The summed E-state index contributed by atoms with van der Waals surface area (Å²) in [5.74, 6) is -0.206. The van der Waals surface area contributed by atoms with E-state index in [1.807, 2.05) is 30.3 Å². The minimum absolute atomic E-state index is 0.0296. The molecule has 3 N–H and O–H groups in total. The Morgan fingerprint density at radius 1 is 0.889 bits per heavy atom. The van der Waals surface area contributed by atoms with E-state index in [2.05, 4.69) is 0 Å². The molecule has 0 aromatic heterocycles. The van der Waals surface area contributed by atoms with E-state index in [4.69, 9.17) is 4.74 Å². The number of para-hydroxylation sites is 1. The molecule has 1 aliphatic rings. The summed E-state index contributed by atoms with van der Waals surface area (Å²) < 4.78 is 5.95. The van der Waals surface area contributed by atoms with Crippen molar-refractivity contribution in [2.45, 2.75) is 18.9 Å². The lowest BCUT2D eigenvalue weighted by Gasteiger charge is -2.26. The Balaban J connectivity index is 1.67. The Bertz CT molecular complexity index is 1010. The maximum Gasteiger partial charge on any atom is 0.170 e. The summed E-state index contributed by atoms with van der Waals surface area (Å²) in [6.45, 7) is 0. The number of ether oxygens (including phenoxy) is 1. The normalized spacial score (nSPS) is 15.9. The Kier molecular flexibility index (Phi) is 4.20. The first-order chi connectivity index (χ1) is 13.0. The van der Waals surface area contributed by atoms with Crippen molar-refractivity contribution < 1.29 is 24.9 Å². The minimum atomic E-state index is -0.383. The summed E-state index contributed by atoms with van der Waals surface area (Å²) in [5, 5.41) is 30.0. The minimum Gasteiger partial charge on any atom is -0.508 e. The molecule has 0 bridgehead atoms. The Labute approximate surface area is 156 Å². The molecule has 0 amide bonds. The van der Waals surface area contributed by atoms with Crippen molar-refractivity contribution in [3.63, 3.8) is 0 Å². The van der Waals surface area contributed by atoms with Gasteiger partial charge in [-0.1, -0.05) is 42.5 Å². The molecule has 0 aliphatic carbocycles. The Morgan fingerprint density at radius 3 is 2.44 bits per heavy atom. The molecule has 3 aromatic rings. The summed E-state index contributed by atoms with van der Waals surface area (Å²) in [5.41, 5.74) is 2.25. The maximum atomic E-state index is 12.7. The van der Waals surface area contributed by atoms with Crippen molar-refractivity contribution >= 4 is 5.78 Å². The third-order valence-electron chi connectivity index (χ3n) is 4.77. The molecule has 0 radical (unpaired) electrons. The van der Waals surface area contributed by atoms with Gasteiger partial charge in [0.15, 0.2) is 17.3 Å². The zero-order valence-corrected chi connectivity index (χ0v) is 14.4.